The number of benzene rings is 1. The molecule has 1 aliphatic heterocycles. The second-order valence-electron chi connectivity index (χ2n) is 8.04. The Morgan fingerprint density at radius 2 is 2.11 bits per heavy atom. The van der Waals surface area contributed by atoms with Crippen LogP contribution in [0.25, 0.3) is 0 Å². The number of carboxylic acids is 1. The third-order valence-electron chi connectivity index (χ3n) is 4.85. The van der Waals surface area contributed by atoms with E-state index in [1.807, 2.05) is 0 Å². The van der Waals surface area contributed by atoms with Gasteiger partial charge < -0.3 is 30.5 Å². The van der Waals surface area contributed by atoms with E-state index < -0.39 is 35.6 Å². The number of rotatable bonds is 6. The Labute approximate surface area is 162 Å². The maximum Gasteiger partial charge on any atom is 0.336 e. The predicted molar refractivity (Wildman–Crippen MR) is 101 cm³/mol. The van der Waals surface area contributed by atoms with E-state index in [1.54, 1.807) is 25.8 Å². The number of carbonyl (C=O) groups is 1. The average Bonchev–Trinajstić information content (AvgIpc) is 3.28. The van der Waals surface area contributed by atoms with Gasteiger partial charge in [0.25, 0.3) is 0 Å². The molecule has 0 bridgehead atoms. The minimum atomic E-state index is -1.56. The molecule has 1 aliphatic carbocycles. The molecule has 1 aromatic rings. The molecule has 0 radical (unpaired) electrons. The van der Waals surface area contributed by atoms with Gasteiger partial charge in [-0.3, -0.25) is 0 Å². The van der Waals surface area contributed by atoms with Crippen LogP contribution in [0.1, 0.15) is 31.9 Å². The summed E-state index contributed by atoms with van der Waals surface area (Å²) in [5.41, 5.74) is 5.48. The fourth-order valence-electron chi connectivity index (χ4n) is 3.67. The van der Waals surface area contributed by atoms with E-state index in [0.29, 0.717) is 6.54 Å². The fourth-order valence-corrected chi connectivity index (χ4v) is 3.67. The number of aliphatic hydroxyl groups excluding tert-OH is 1. The lowest BCUT2D eigenvalue weighted by Crippen LogP contribution is -2.44. The van der Waals surface area contributed by atoms with Crippen molar-refractivity contribution in [3.8, 4) is 5.75 Å². The predicted octanol–water partition coefficient (Wildman–Crippen LogP) is 1.94. The molecule has 2 aliphatic rings. The van der Waals surface area contributed by atoms with Crippen LogP contribution in [-0.4, -0.2) is 54.6 Å². The van der Waals surface area contributed by atoms with Crippen LogP contribution >= 0.6 is 0 Å². The number of methoxy groups -OCH3 is 1. The second kappa shape index (κ2) is 6.89. The summed E-state index contributed by atoms with van der Waals surface area (Å²) in [4.78, 5) is 14.5. The van der Waals surface area contributed by atoms with Crippen molar-refractivity contribution in [1.82, 2.24) is 0 Å². The van der Waals surface area contributed by atoms with Crippen LogP contribution in [0, 0.1) is 5.82 Å². The Hall–Kier alpha value is -2.39. The number of aliphatic hydroxyl groups is 1. The molecular weight excluding hydrogens is 372 g/mol. The molecule has 1 heterocycles. The van der Waals surface area contributed by atoms with E-state index in [9.17, 15) is 19.4 Å². The molecule has 0 saturated heterocycles. The number of hydrogen-bond donors (Lipinski definition) is 3. The molecule has 2 unspecified atom stereocenters. The minimum absolute atomic E-state index is 0.0255. The van der Waals surface area contributed by atoms with Gasteiger partial charge in [0.15, 0.2) is 11.6 Å². The number of halogens is 2. The molecule has 1 fully saturated rings. The molecule has 9 heteroatoms. The number of fused-ring (bicyclic) bond motifs is 1. The number of nitrogens with two attached hydrogens (primary N) is 1. The zero-order valence-corrected chi connectivity index (χ0v) is 16.2. The van der Waals surface area contributed by atoms with Crippen LogP contribution in [0.15, 0.2) is 17.8 Å². The molecular formula is C19H25F2N3O4. The van der Waals surface area contributed by atoms with E-state index in [1.165, 1.54) is 18.2 Å². The van der Waals surface area contributed by atoms with E-state index in [4.69, 9.17) is 10.5 Å². The zero-order chi connectivity index (χ0) is 21.0. The average molecular weight is 397 g/mol. The van der Waals surface area contributed by atoms with Gasteiger partial charge in [0.05, 0.1) is 24.4 Å². The molecule has 1 saturated carbocycles. The summed E-state index contributed by atoms with van der Waals surface area (Å²) in [6.45, 7) is 3.89. The lowest BCUT2D eigenvalue weighted by Gasteiger charge is -2.36. The normalized spacial score (nSPS) is 23.8. The summed E-state index contributed by atoms with van der Waals surface area (Å²) in [6, 6.07) is 0.486. The van der Waals surface area contributed by atoms with Crippen molar-refractivity contribution >= 4 is 17.3 Å². The third kappa shape index (κ3) is 3.51. The van der Waals surface area contributed by atoms with Crippen molar-refractivity contribution in [2.45, 2.75) is 44.1 Å². The Bertz CT molecular complexity index is 837. The van der Waals surface area contributed by atoms with Crippen molar-refractivity contribution in [1.29, 1.82) is 0 Å². The van der Waals surface area contributed by atoms with E-state index in [2.05, 4.69) is 0 Å². The maximum absolute atomic E-state index is 15.0. The van der Waals surface area contributed by atoms with Gasteiger partial charge in [-0.1, -0.05) is 0 Å². The quantitative estimate of drug-likeness (QED) is 0.675. The van der Waals surface area contributed by atoms with E-state index in [-0.39, 0.29) is 34.7 Å². The second-order valence-corrected chi connectivity index (χ2v) is 8.04. The summed E-state index contributed by atoms with van der Waals surface area (Å²) in [5.74, 6) is -1.95. The molecule has 0 amide bonds. The minimum Gasteiger partial charge on any atom is -0.492 e. The largest absolute Gasteiger partial charge is 0.492 e. The molecule has 3 atom stereocenters. The molecule has 0 aromatic heterocycles. The van der Waals surface area contributed by atoms with E-state index in [0.717, 1.165) is 6.07 Å². The Kier molecular flexibility index (Phi) is 5.01. The zero-order valence-electron chi connectivity index (χ0n) is 16.2. The summed E-state index contributed by atoms with van der Waals surface area (Å²) in [7, 11) is 3.00. The maximum atomic E-state index is 15.0. The number of nitrogens with zero attached hydrogens (tertiary/aromatic N) is 2. The van der Waals surface area contributed by atoms with Gasteiger partial charge in [-0.2, -0.15) is 0 Å². The van der Waals surface area contributed by atoms with Crippen LogP contribution in [0.2, 0.25) is 0 Å². The summed E-state index contributed by atoms with van der Waals surface area (Å²) in [5, 5.41) is 19.9. The van der Waals surface area contributed by atoms with Crippen molar-refractivity contribution in [3.05, 3.63) is 29.2 Å². The first-order chi connectivity index (χ1) is 13.0. The first-order valence-electron chi connectivity index (χ1n) is 8.92. The van der Waals surface area contributed by atoms with Crippen molar-refractivity contribution < 1.29 is 28.5 Å². The highest BCUT2D eigenvalue weighted by atomic mass is 19.1. The first kappa shape index (κ1) is 20.3. The van der Waals surface area contributed by atoms with Gasteiger partial charge in [-0.25, -0.2) is 13.6 Å². The highest BCUT2D eigenvalue weighted by Gasteiger charge is 2.47. The third-order valence-corrected chi connectivity index (χ3v) is 4.85. The Morgan fingerprint density at radius 3 is 2.57 bits per heavy atom. The van der Waals surface area contributed by atoms with Crippen molar-refractivity contribution in [3.63, 3.8) is 0 Å². The highest BCUT2D eigenvalue weighted by Crippen LogP contribution is 2.51. The number of alkyl halides is 1. The number of carboxylic acid groups (broad SMARTS) is 1. The van der Waals surface area contributed by atoms with E-state index >= 15 is 4.39 Å². The van der Waals surface area contributed by atoms with Gasteiger partial charge in [0.1, 0.15) is 18.0 Å². The summed E-state index contributed by atoms with van der Waals surface area (Å²) < 4.78 is 34.4. The van der Waals surface area contributed by atoms with Crippen LogP contribution in [0.3, 0.4) is 0 Å². The number of hydrogen-bond acceptors (Lipinski definition) is 6. The Morgan fingerprint density at radius 1 is 1.50 bits per heavy atom. The molecule has 0 spiro atoms. The van der Waals surface area contributed by atoms with Crippen LogP contribution < -0.4 is 20.3 Å². The fraction of sp³-hybridized carbons (Fsp3) is 0.526. The summed E-state index contributed by atoms with van der Waals surface area (Å²) in [6.07, 6.45) is -1.29. The van der Waals surface area contributed by atoms with Crippen molar-refractivity contribution in [2.75, 3.05) is 30.5 Å². The van der Waals surface area contributed by atoms with Crippen molar-refractivity contribution in [2.24, 2.45) is 5.73 Å². The topological polar surface area (TPSA) is 99.3 Å². The molecule has 3 rings (SSSR count). The van der Waals surface area contributed by atoms with Crippen LogP contribution in [0.4, 0.5) is 20.2 Å². The number of aliphatic carboxylic acids is 1. The number of anilines is 2. The van der Waals surface area contributed by atoms with Gasteiger partial charge >= 0.3 is 5.97 Å². The van der Waals surface area contributed by atoms with Gasteiger partial charge in [0, 0.05) is 37.3 Å². The molecule has 154 valence electrons. The molecule has 4 N–H and O–H groups in total. The Balaban J connectivity index is 2.20. The highest BCUT2D eigenvalue weighted by molar-refractivity contribution is 5.92. The van der Waals surface area contributed by atoms with Gasteiger partial charge in [-0.05, 0) is 19.9 Å². The van der Waals surface area contributed by atoms with Gasteiger partial charge in [0.2, 0.25) is 0 Å². The first-order valence-corrected chi connectivity index (χ1v) is 8.92. The van der Waals surface area contributed by atoms with Gasteiger partial charge in [-0.15, -0.1) is 0 Å². The summed E-state index contributed by atoms with van der Waals surface area (Å²) >= 11 is 0. The standard InChI is InChI=1S/C19H25F2N3O4/c1-19(2,22)8-23(3)15-12(21)5-9-14(17(15)28-4)24(13-6-11(13)20)7-10(16(9)25)18(26)27/h5,7,11,13,16,25H,6,8,22H2,1-4H3,(H,26,27)/t11?,13?,16-/m1/s1. The lowest BCUT2D eigenvalue weighted by atomic mass is 9.94. The molecule has 7 nitrogen and oxygen atoms in total. The monoisotopic (exact) mass is 397 g/mol. The van der Waals surface area contributed by atoms with Crippen LogP contribution in [0.5, 0.6) is 5.75 Å². The molecule has 28 heavy (non-hydrogen) atoms. The lowest BCUT2D eigenvalue weighted by molar-refractivity contribution is -0.133. The number of likely N-dealkylation sites (N-methyl/N-ethyl adjacent to an activating group) is 1. The molecule has 1 aromatic carbocycles. The van der Waals surface area contributed by atoms with Crippen LogP contribution in [-0.2, 0) is 4.79 Å². The smallest absolute Gasteiger partial charge is 0.336 e. The SMILES string of the molecule is COc1c(N(C)CC(C)(C)N)c(F)cc2c1N(C1CC1F)C=C(C(=O)O)[C@@H]2O. The number of ether oxygens (including phenoxy) is 1.